The van der Waals surface area contributed by atoms with Crippen molar-refractivity contribution in [2.24, 2.45) is 0 Å². The molecule has 3 aromatic rings. The van der Waals surface area contributed by atoms with E-state index in [1.807, 2.05) is 24.3 Å². The summed E-state index contributed by atoms with van der Waals surface area (Å²) in [6.45, 7) is 1.11. The van der Waals surface area contributed by atoms with Gasteiger partial charge in [-0.2, -0.15) is 5.10 Å². The number of nitrogens with one attached hydrogen (secondary N) is 1. The number of hydrogen-bond donors (Lipinski definition) is 1. The van der Waals surface area contributed by atoms with Crippen LogP contribution in [0.5, 0.6) is 0 Å². The van der Waals surface area contributed by atoms with Crippen molar-refractivity contribution in [1.29, 1.82) is 0 Å². The Balaban J connectivity index is 1.69. The van der Waals surface area contributed by atoms with E-state index in [0.29, 0.717) is 18.1 Å². The van der Waals surface area contributed by atoms with Gasteiger partial charge in [0.25, 0.3) is 0 Å². The Bertz CT molecular complexity index is 759. The van der Waals surface area contributed by atoms with Crippen molar-refractivity contribution >= 4 is 17.3 Å². The summed E-state index contributed by atoms with van der Waals surface area (Å²) < 4.78 is 15.0. The standard InChI is InChI=1S/C16H14ClFN4/c17-16-5-4-14(18)7-13(16)8-20-15-3-1-2-12(6-15)9-22-11-19-10-21-22/h1-7,10-11,20H,8-9H2. The second-order valence-electron chi connectivity index (χ2n) is 4.88. The first-order chi connectivity index (χ1) is 10.7. The molecule has 0 aliphatic carbocycles. The number of nitrogens with zero attached hydrogens (tertiary/aromatic N) is 3. The predicted molar refractivity (Wildman–Crippen MR) is 84.3 cm³/mol. The van der Waals surface area contributed by atoms with Crippen LogP contribution in [0.15, 0.2) is 55.1 Å². The zero-order valence-corrected chi connectivity index (χ0v) is 12.5. The molecular formula is C16H14ClFN4. The third-order valence-corrected chi connectivity index (χ3v) is 3.60. The first-order valence-electron chi connectivity index (χ1n) is 6.80. The fourth-order valence-electron chi connectivity index (χ4n) is 2.16. The Hall–Kier alpha value is -2.40. The predicted octanol–water partition coefficient (Wildman–Crippen LogP) is 3.73. The lowest BCUT2D eigenvalue weighted by Crippen LogP contribution is -2.03. The molecule has 1 N–H and O–H groups in total. The molecule has 0 fully saturated rings. The Morgan fingerprint density at radius 3 is 2.91 bits per heavy atom. The normalized spacial score (nSPS) is 10.6. The maximum Gasteiger partial charge on any atom is 0.137 e. The van der Waals surface area contributed by atoms with Crippen LogP contribution in [0.3, 0.4) is 0 Å². The van der Waals surface area contributed by atoms with Crippen LogP contribution in [-0.4, -0.2) is 14.8 Å². The molecule has 0 amide bonds. The fraction of sp³-hybridized carbons (Fsp3) is 0.125. The summed E-state index contributed by atoms with van der Waals surface area (Å²) in [6, 6.07) is 12.3. The number of benzene rings is 2. The van der Waals surface area contributed by atoms with Crippen molar-refractivity contribution in [2.45, 2.75) is 13.1 Å². The third kappa shape index (κ3) is 3.62. The molecule has 0 saturated carbocycles. The van der Waals surface area contributed by atoms with Gasteiger partial charge in [-0.15, -0.1) is 0 Å². The lowest BCUT2D eigenvalue weighted by atomic mass is 10.2. The topological polar surface area (TPSA) is 42.7 Å². The largest absolute Gasteiger partial charge is 0.381 e. The van der Waals surface area contributed by atoms with Crippen LogP contribution in [0.25, 0.3) is 0 Å². The van der Waals surface area contributed by atoms with E-state index < -0.39 is 0 Å². The minimum Gasteiger partial charge on any atom is -0.381 e. The van der Waals surface area contributed by atoms with Gasteiger partial charge in [0.05, 0.1) is 6.54 Å². The highest BCUT2D eigenvalue weighted by molar-refractivity contribution is 6.31. The Morgan fingerprint density at radius 1 is 1.18 bits per heavy atom. The van der Waals surface area contributed by atoms with Gasteiger partial charge in [-0.3, -0.25) is 0 Å². The van der Waals surface area contributed by atoms with Gasteiger partial charge in [-0.1, -0.05) is 23.7 Å². The Labute approximate surface area is 132 Å². The summed E-state index contributed by atoms with van der Waals surface area (Å²) in [5.41, 5.74) is 2.77. The van der Waals surface area contributed by atoms with E-state index in [9.17, 15) is 4.39 Å². The fourth-order valence-corrected chi connectivity index (χ4v) is 2.34. The average Bonchev–Trinajstić information content (AvgIpc) is 3.01. The lowest BCUT2D eigenvalue weighted by molar-refractivity contribution is 0.626. The van der Waals surface area contributed by atoms with Crippen molar-refractivity contribution in [1.82, 2.24) is 14.8 Å². The van der Waals surface area contributed by atoms with Gasteiger partial charge in [-0.05, 0) is 41.5 Å². The summed E-state index contributed by atoms with van der Waals surface area (Å²) in [4.78, 5) is 3.92. The molecule has 0 atom stereocenters. The average molecular weight is 317 g/mol. The van der Waals surface area contributed by atoms with Crippen LogP contribution >= 0.6 is 11.6 Å². The molecule has 0 saturated heterocycles. The maximum atomic E-state index is 13.2. The van der Waals surface area contributed by atoms with E-state index in [2.05, 4.69) is 15.4 Å². The second kappa shape index (κ2) is 6.58. The molecule has 112 valence electrons. The number of aromatic nitrogens is 3. The molecule has 0 bridgehead atoms. The van der Waals surface area contributed by atoms with E-state index in [4.69, 9.17) is 11.6 Å². The molecule has 0 unspecified atom stereocenters. The quantitative estimate of drug-likeness (QED) is 0.780. The molecule has 3 rings (SSSR count). The smallest absolute Gasteiger partial charge is 0.137 e. The molecule has 6 heteroatoms. The van der Waals surface area contributed by atoms with E-state index in [0.717, 1.165) is 16.8 Å². The lowest BCUT2D eigenvalue weighted by Gasteiger charge is -2.10. The molecule has 0 spiro atoms. The monoisotopic (exact) mass is 316 g/mol. The summed E-state index contributed by atoms with van der Waals surface area (Å²) in [5, 5.41) is 7.88. The van der Waals surface area contributed by atoms with Gasteiger partial charge < -0.3 is 5.32 Å². The number of rotatable bonds is 5. The van der Waals surface area contributed by atoms with Crippen LogP contribution in [0, 0.1) is 5.82 Å². The van der Waals surface area contributed by atoms with Crippen molar-refractivity contribution in [3.8, 4) is 0 Å². The third-order valence-electron chi connectivity index (χ3n) is 3.23. The first-order valence-corrected chi connectivity index (χ1v) is 7.18. The minimum absolute atomic E-state index is 0.291. The molecule has 0 radical (unpaired) electrons. The molecular weight excluding hydrogens is 303 g/mol. The van der Waals surface area contributed by atoms with E-state index in [-0.39, 0.29) is 5.82 Å². The van der Waals surface area contributed by atoms with Crippen molar-refractivity contribution in [3.05, 3.63) is 77.1 Å². The molecule has 2 aromatic carbocycles. The molecule has 1 heterocycles. The van der Waals surface area contributed by atoms with Gasteiger partial charge in [0.2, 0.25) is 0 Å². The second-order valence-corrected chi connectivity index (χ2v) is 5.29. The van der Waals surface area contributed by atoms with Gasteiger partial charge in [-0.25, -0.2) is 14.1 Å². The zero-order chi connectivity index (χ0) is 15.4. The van der Waals surface area contributed by atoms with Crippen LogP contribution < -0.4 is 5.32 Å². The highest BCUT2D eigenvalue weighted by Gasteiger charge is 2.03. The van der Waals surface area contributed by atoms with E-state index in [1.54, 1.807) is 17.1 Å². The summed E-state index contributed by atoms with van der Waals surface area (Å²) in [5.74, 6) is -0.291. The van der Waals surface area contributed by atoms with Crippen molar-refractivity contribution in [3.63, 3.8) is 0 Å². The minimum atomic E-state index is -0.291. The molecule has 22 heavy (non-hydrogen) atoms. The van der Waals surface area contributed by atoms with E-state index >= 15 is 0 Å². The maximum absolute atomic E-state index is 13.2. The van der Waals surface area contributed by atoms with E-state index in [1.165, 1.54) is 18.5 Å². The van der Waals surface area contributed by atoms with Crippen LogP contribution in [0.2, 0.25) is 5.02 Å². The molecule has 4 nitrogen and oxygen atoms in total. The number of halogens is 2. The van der Waals surface area contributed by atoms with Crippen molar-refractivity contribution < 1.29 is 4.39 Å². The number of anilines is 1. The highest BCUT2D eigenvalue weighted by Crippen LogP contribution is 2.19. The van der Waals surface area contributed by atoms with Crippen LogP contribution in [0.1, 0.15) is 11.1 Å². The Morgan fingerprint density at radius 2 is 2.09 bits per heavy atom. The van der Waals surface area contributed by atoms with Crippen LogP contribution in [0.4, 0.5) is 10.1 Å². The van der Waals surface area contributed by atoms with Gasteiger partial charge in [0.1, 0.15) is 18.5 Å². The molecule has 1 aromatic heterocycles. The SMILES string of the molecule is Fc1ccc(Cl)c(CNc2cccc(Cn3cncn3)c2)c1. The highest BCUT2D eigenvalue weighted by atomic mass is 35.5. The first kappa shape index (κ1) is 14.5. The molecule has 0 aliphatic rings. The Kier molecular flexibility index (Phi) is 4.34. The summed E-state index contributed by atoms with van der Waals surface area (Å²) >= 11 is 6.06. The van der Waals surface area contributed by atoms with Gasteiger partial charge in [0.15, 0.2) is 0 Å². The number of hydrogen-bond acceptors (Lipinski definition) is 3. The summed E-state index contributed by atoms with van der Waals surface area (Å²) in [7, 11) is 0. The summed E-state index contributed by atoms with van der Waals surface area (Å²) in [6.07, 6.45) is 3.18. The zero-order valence-electron chi connectivity index (χ0n) is 11.7. The molecule has 0 aliphatic heterocycles. The van der Waals surface area contributed by atoms with Gasteiger partial charge >= 0.3 is 0 Å². The van der Waals surface area contributed by atoms with Crippen molar-refractivity contribution in [2.75, 3.05) is 5.32 Å². The van der Waals surface area contributed by atoms with Gasteiger partial charge in [0, 0.05) is 17.3 Å². The van der Waals surface area contributed by atoms with Crippen LogP contribution in [-0.2, 0) is 13.1 Å².